The van der Waals surface area contributed by atoms with Crippen LogP contribution in [0.3, 0.4) is 0 Å². The topological polar surface area (TPSA) is 23.6 Å². The van der Waals surface area contributed by atoms with E-state index >= 15 is 0 Å². The number of rotatable bonds is 11. The highest BCUT2D eigenvalue weighted by Gasteiger charge is 2.26. The Balaban J connectivity index is -0.000000480. The zero-order valence-corrected chi connectivity index (χ0v) is 34.0. The lowest BCUT2D eigenvalue weighted by molar-refractivity contribution is -0.131. The molecule has 268 valence electrons. The molecule has 1 aromatic rings. The Hall–Kier alpha value is -2.74. The number of hydrogen-bond acceptors (Lipinski definition) is 3. The molecule has 0 aromatic heterocycles. The maximum atomic E-state index is 12.3. The number of carbonyl (C=O) groups excluding carboxylic acids is 1. The minimum absolute atomic E-state index is 0.157. The third-order valence-corrected chi connectivity index (χ3v) is 6.97. The van der Waals surface area contributed by atoms with Crippen LogP contribution >= 0.6 is 11.8 Å². The van der Waals surface area contributed by atoms with E-state index in [0.717, 1.165) is 55.0 Å². The molecule has 1 amide bonds. The van der Waals surface area contributed by atoms with Gasteiger partial charge in [0.05, 0.1) is 0 Å². The number of amides is 1. The van der Waals surface area contributed by atoms with Crippen molar-refractivity contribution in [3.8, 4) is 11.8 Å². The molecule has 2 rings (SSSR count). The van der Waals surface area contributed by atoms with E-state index in [9.17, 15) is 4.79 Å². The molecule has 0 radical (unpaired) electrons. The van der Waals surface area contributed by atoms with Crippen LogP contribution in [0.25, 0.3) is 0 Å². The number of benzene rings is 1. The van der Waals surface area contributed by atoms with Gasteiger partial charge in [0, 0.05) is 43.7 Å². The van der Waals surface area contributed by atoms with E-state index in [-0.39, 0.29) is 5.91 Å². The van der Waals surface area contributed by atoms with Gasteiger partial charge in [-0.05, 0) is 74.4 Å². The van der Waals surface area contributed by atoms with Gasteiger partial charge < -0.3 is 9.80 Å². The number of hydrogen-bond donors (Lipinski definition) is 0. The van der Waals surface area contributed by atoms with Crippen molar-refractivity contribution in [2.75, 3.05) is 32.4 Å². The van der Waals surface area contributed by atoms with E-state index in [4.69, 9.17) is 0 Å². The average Bonchev–Trinajstić information content (AvgIpc) is 3.12. The summed E-state index contributed by atoms with van der Waals surface area (Å²) in [4.78, 5) is 16.9. The smallest absolute Gasteiger partial charge is 0.219 e. The maximum absolute atomic E-state index is 12.3. The molecule has 4 heteroatoms. The number of thioether (sulfide) groups is 1. The van der Waals surface area contributed by atoms with Crippen molar-refractivity contribution in [1.82, 2.24) is 9.80 Å². The number of nitrogens with zero attached hydrogens (tertiary/aromatic N) is 2. The van der Waals surface area contributed by atoms with E-state index < -0.39 is 0 Å². The van der Waals surface area contributed by atoms with E-state index in [0.29, 0.717) is 12.6 Å². The Labute approximate surface area is 298 Å². The summed E-state index contributed by atoms with van der Waals surface area (Å²) in [5.74, 6) is 6.90. The summed E-state index contributed by atoms with van der Waals surface area (Å²) in [5, 5.41) is 1.96. The lowest BCUT2D eigenvalue weighted by Gasteiger charge is -2.38. The number of allylic oxidation sites excluding steroid dienone is 6. The van der Waals surface area contributed by atoms with Crippen molar-refractivity contribution >= 4 is 17.7 Å². The van der Waals surface area contributed by atoms with Crippen LogP contribution < -0.4 is 0 Å². The van der Waals surface area contributed by atoms with Gasteiger partial charge in [0.25, 0.3) is 0 Å². The third-order valence-electron chi connectivity index (χ3n) is 6.56. The van der Waals surface area contributed by atoms with Crippen LogP contribution in [0.1, 0.15) is 115 Å². The first kappa shape index (κ1) is 51.1. The second kappa shape index (κ2) is 37.7. The summed E-state index contributed by atoms with van der Waals surface area (Å²) >= 11 is 1.62. The van der Waals surface area contributed by atoms with Crippen molar-refractivity contribution in [2.45, 2.75) is 122 Å². The first-order chi connectivity index (χ1) is 22.7. The van der Waals surface area contributed by atoms with Gasteiger partial charge in [0.2, 0.25) is 5.91 Å². The highest BCUT2D eigenvalue weighted by atomic mass is 32.2. The predicted octanol–water partition coefficient (Wildman–Crippen LogP) is 12.2. The van der Waals surface area contributed by atoms with Gasteiger partial charge in [-0.15, -0.1) is 11.8 Å². The lowest BCUT2D eigenvalue weighted by Crippen LogP contribution is -2.47. The molecule has 1 aliphatic rings. The first-order valence-corrected chi connectivity index (χ1v) is 19.4. The normalized spacial score (nSPS) is 12.6. The van der Waals surface area contributed by atoms with Crippen LogP contribution in [0.5, 0.6) is 0 Å². The molecular weight excluding hydrogens is 593 g/mol. The molecule has 0 unspecified atom stereocenters. The van der Waals surface area contributed by atoms with Crippen LogP contribution in [-0.4, -0.2) is 54.2 Å². The number of piperidine rings is 1. The van der Waals surface area contributed by atoms with Gasteiger partial charge in [-0.1, -0.05) is 149 Å². The van der Waals surface area contributed by atoms with Gasteiger partial charge in [-0.25, -0.2) is 0 Å². The fourth-order valence-electron chi connectivity index (χ4n) is 4.15. The van der Waals surface area contributed by atoms with Crippen molar-refractivity contribution in [3.05, 3.63) is 95.5 Å². The summed E-state index contributed by atoms with van der Waals surface area (Å²) in [6.07, 6.45) is 14.3. The molecule has 1 aliphatic heterocycles. The zero-order chi connectivity index (χ0) is 37.0. The van der Waals surface area contributed by atoms with Gasteiger partial charge in [0.15, 0.2) is 0 Å². The van der Waals surface area contributed by atoms with E-state index in [1.807, 2.05) is 102 Å². The summed E-state index contributed by atoms with van der Waals surface area (Å²) in [5.41, 5.74) is 4.07. The second-order valence-corrected chi connectivity index (χ2v) is 11.2. The maximum Gasteiger partial charge on any atom is 0.219 e. The van der Waals surface area contributed by atoms with E-state index in [1.54, 1.807) is 18.7 Å². The minimum atomic E-state index is 0.157. The lowest BCUT2D eigenvalue weighted by atomic mass is 10.0. The second-order valence-electron chi connectivity index (χ2n) is 10.5. The highest BCUT2D eigenvalue weighted by Crippen LogP contribution is 2.19. The largest absolute Gasteiger partial charge is 0.336 e. The van der Waals surface area contributed by atoms with Crippen LogP contribution in [0, 0.1) is 17.8 Å². The third kappa shape index (κ3) is 30.3. The Bertz CT molecular complexity index is 1030. The zero-order valence-electron chi connectivity index (χ0n) is 33.2. The molecule has 1 aromatic carbocycles. The number of aryl methyl sites for hydroxylation is 1. The van der Waals surface area contributed by atoms with Gasteiger partial charge in [-0.2, -0.15) is 0 Å². The van der Waals surface area contributed by atoms with Crippen LogP contribution in [0.4, 0.5) is 0 Å². The summed E-state index contributed by atoms with van der Waals surface area (Å²) in [6, 6.07) is 10.8. The van der Waals surface area contributed by atoms with Gasteiger partial charge in [0.1, 0.15) is 0 Å². The van der Waals surface area contributed by atoms with Crippen LogP contribution in [-0.2, 0) is 11.2 Å². The Morgan fingerprint density at radius 1 is 0.936 bits per heavy atom. The predicted molar refractivity (Wildman–Crippen MR) is 219 cm³/mol. The fraction of sp³-hybridized carbons (Fsp3) is 0.558. The van der Waals surface area contributed by atoms with Crippen molar-refractivity contribution in [1.29, 1.82) is 0 Å². The standard InChI is InChI=1S/C27H40N2OS.C8H10.4C2H6/c1-22(2)13-17-28-18-14-27(15-19-28)29(26(6)30)21-25(5)10-8-9-23(3)11-12-24(4)16-20-31-7;1-2-8-6-4-3-5-7-8;4*1-2/h8-10,16,20,22,27H,3-4,13-15,17-19,21H2,1-2,5-7H3;3-7H,2H2,1H3;4*1-2H3/b9-8-,20-16-,25-10+;;;;;. The Kier molecular flexibility index (Phi) is 41.0. The molecule has 0 atom stereocenters. The van der Waals surface area contributed by atoms with E-state index in [2.05, 4.69) is 81.9 Å². The summed E-state index contributed by atoms with van der Waals surface area (Å²) in [6.45, 7) is 38.3. The molecule has 47 heavy (non-hydrogen) atoms. The van der Waals surface area contributed by atoms with Crippen LogP contribution in [0.15, 0.2) is 89.9 Å². The molecule has 0 spiro atoms. The van der Waals surface area contributed by atoms with Crippen molar-refractivity contribution in [3.63, 3.8) is 0 Å². The molecule has 3 nitrogen and oxygen atoms in total. The SMILES string of the molecule is C=C(C#CC(=C)/C=C\SC)/C=C\C=C(/C)CN(C(C)=O)C1CCN(CCC(C)C)CC1.CC.CC.CC.CC.CCc1ccccc1. The first-order valence-electron chi connectivity index (χ1n) is 18.1. The highest BCUT2D eigenvalue weighted by molar-refractivity contribution is 8.01. The Morgan fingerprint density at radius 3 is 1.87 bits per heavy atom. The van der Waals surface area contributed by atoms with Gasteiger partial charge >= 0.3 is 0 Å². The molecular formula is C43H74N2OS. The quantitative estimate of drug-likeness (QED) is 0.173. The molecule has 0 saturated carbocycles. The average molecular weight is 667 g/mol. The molecule has 0 aliphatic carbocycles. The minimum Gasteiger partial charge on any atom is -0.336 e. The van der Waals surface area contributed by atoms with Crippen molar-refractivity contribution < 1.29 is 4.79 Å². The number of carbonyl (C=O) groups is 1. The number of likely N-dealkylation sites (tertiary alicyclic amines) is 1. The molecule has 0 N–H and O–H groups in total. The molecule has 1 fully saturated rings. The fourth-order valence-corrected chi connectivity index (χ4v) is 4.45. The monoisotopic (exact) mass is 667 g/mol. The molecule has 0 bridgehead atoms. The Morgan fingerprint density at radius 2 is 1.45 bits per heavy atom. The van der Waals surface area contributed by atoms with E-state index in [1.165, 1.54) is 18.5 Å². The van der Waals surface area contributed by atoms with Crippen molar-refractivity contribution in [2.24, 2.45) is 5.92 Å². The van der Waals surface area contributed by atoms with Crippen LogP contribution in [0.2, 0.25) is 0 Å². The summed E-state index contributed by atoms with van der Waals surface area (Å²) in [7, 11) is 0. The summed E-state index contributed by atoms with van der Waals surface area (Å²) < 4.78 is 0. The molecule has 1 heterocycles. The van der Waals surface area contributed by atoms with Gasteiger partial charge in [-0.3, -0.25) is 4.79 Å². The molecule has 1 saturated heterocycles.